The number of rotatable bonds is 6. The van der Waals surface area contributed by atoms with Gasteiger partial charge in [0.05, 0.1) is 23.8 Å². The molecule has 33 heavy (non-hydrogen) atoms. The molecule has 1 aromatic rings. The lowest BCUT2D eigenvalue weighted by Crippen LogP contribution is -2.45. The number of halogens is 3. The molecule has 5 rings (SSSR count). The number of nitrogens with zero attached hydrogens (tertiary/aromatic N) is 3. The van der Waals surface area contributed by atoms with Crippen molar-refractivity contribution in [2.75, 3.05) is 44.3 Å². The average molecular weight is 462 g/mol. The van der Waals surface area contributed by atoms with E-state index in [1.54, 1.807) is 12.1 Å². The van der Waals surface area contributed by atoms with Gasteiger partial charge < -0.3 is 14.5 Å². The average Bonchev–Trinajstić information content (AvgIpc) is 3.72. The Morgan fingerprint density at radius 1 is 1.15 bits per heavy atom. The normalized spacial score (nSPS) is 24.8. The molecule has 8 heteroatoms. The Labute approximate surface area is 192 Å². The zero-order chi connectivity index (χ0) is 23.2. The molecular weight excluding hydrogens is 431 g/mol. The second-order valence-electron chi connectivity index (χ2n) is 10.4. The Bertz CT molecular complexity index is 941. The molecule has 4 fully saturated rings. The monoisotopic (exact) mass is 461 g/mol. The van der Waals surface area contributed by atoms with Gasteiger partial charge in [-0.25, -0.2) is 0 Å². The van der Waals surface area contributed by atoms with Crippen molar-refractivity contribution in [2.24, 2.45) is 23.2 Å². The van der Waals surface area contributed by atoms with Gasteiger partial charge in [0.1, 0.15) is 0 Å². The Kier molecular flexibility index (Phi) is 5.80. The SMILES string of the molecule is N#Cc1ccc(N2CCC3(CC2)CN(C(=O)C2CC2)CC3COCC2CC2)cc1C(F)(F)F. The first-order valence-electron chi connectivity index (χ1n) is 12.0. The number of benzene rings is 1. The number of amides is 1. The van der Waals surface area contributed by atoms with Crippen molar-refractivity contribution in [3.05, 3.63) is 29.3 Å². The molecule has 1 amide bonds. The van der Waals surface area contributed by atoms with Crippen molar-refractivity contribution in [1.29, 1.82) is 5.26 Å². The van der Waals surface area contributed by atoms with Crippen LogP contribution in [0.1, 0.15) is 49.7 Å². The summed E-state index contributed by atoms with van der Waals surface area (Å²) in [6.45, 7) is 4.17. The Morgan fingerprint density at radius 2 is 1.88 bits per heavy atom. The number of carbonyl (C=O) groups excluding carboxylic acids is 1. The number of piperidine rings is 1. The fourth-order valence-electron chi connectivity index (χ4n) is 5.52. The van der Waals surface area contributed by atoms with Crippen LogP contribution >= 0.6 is 0 Å². The molecule has 0 N–H and O–H groups in total. The highest BCUT2D eigenvalue weighted by Crippen LogP contribution is 2.47. The highest BCUT2D eigenvalue weighted by Gasteiger charge is 2.51. The molecule has 0 radical (unpaired) electrons. The van der Waals surface area contributed by atoms with E-state index in [0.717, 1.165) is 51.4 Å². The number of hydrogen-bond acceptors (Lipinski definition) is 4. The van der Waals surface area contributed by atoms with Gasteiger partial charge in [-0.2, -0.15) is 18.4 Å². The zero-order valence-electron chi connectivity index (χ0n) is 18.7. The van der Waals surface area contributed by atoms with E-state index < -0.39 is 11.7 Å². The number of anilines is 1. The molecule has 2 saturated heterocycles. The molecule has 5 nitrogen and oxygen atoms in total. The summed E-state index contributed by atoms with van der Waals surface area (Å²) in [5.74, 6) is 1.41. The Balaban J connectivity index is 1.29. The summed E-state index contributed by atoms with van der Waals surface area (Å²) in [6, 6.07) is 5.63. The number of likely N-dealkylation sites (tertiary alicyclic amines) is 1. The molecule has 2 heterocycles. The summed E-state index contributed by atoms with van der Waals surface area (Å²) < 4.78 is 46.3. The minimum atomic E-state index is -4.56. The van der Waals surface area contributed by atoms with Crippen molar-refractivity contribution < 1.29 is 22.7 Å². The number of nitriles is 1. The van der Waals surface area contributed by atoms with E-state index in [1.807, 2.05) is 9.80 Å². The minimum absolute atomic E-state index is 0.0376. The van der Waals surface area contributed by atoms with Crippen molar-refractivity contribution in [2.45, 2.75) is 44.7 Å². The molecule has 2 saturated carbocycles. The van der Waals surface area contributed by atoms with Gasteiger partial charge in [-0.1, -0.05) is 0 Å². The zero-order valence-corrected chi connectivity index (χ0v) is 18.7. The second-order valence-corrected chi connectivity index (χ2v) is 10.4. The van der Waals surface area contributed by atoms with Crippen LogP contribution < -0.4 is 4.90 Å². The number of ether oxygens (including phenoxy) is 1. The Morgan fingerprint density at radius 3 is 2.48 bits per heavy atom. The van der Waals surface area contributed by atoms with E-state index >= 15 is 0 Å². The smallest absolute Gasteiger partial charge is 0.381 e. The third-order valence-corrected chi connectivity index (χ3v) is 7.97. The van der Waals surface area contributed by atoms with Crippen LogP contribution in [0.15, 0.2) is 18.2 Å². The molecule has 4 aliphatic rings. The van der Waals surface area contributed by atoms with Crippen molar-refractivity contribution in [3.8, 4) is 6.07 Å². The molecule has 178 valence electrons. The van der Waals surface area contributed by atoms with Gasteiger partial charge >= 0.3 is 6.18 Å². The maximum Gasteiger partial charge on any atom is 0.417 e. The van der Waals surface area contributed by atoms with Crippen LogP contribution in [0.3, 0.4) is 0 Å². The van der Waals surface area contributed by atoms with Crippen LogP contribution in [0.25, 0.3) is 0 Å². The van der Waals surface area contributed by atoms with E-state index in [-0.39, 0.29) is 28.7 Å². The molecular formula is C25H30F3N3O2. The summed E-state index contributed by atoms with van der Waals surface area (Å²) in [4.78, 5) is 16.8. The number of alkyl halides is 3. The molecule has 0 aromatic heterocycles. The summed E-state index contributed by atoms with van der Waals surface area (Å²) in [6.07, 6.45) is 1.53. The van der Waals surface area contributed by atoms with Gasteiger partial charge in [-0.3, -0.25) is 4.79 Å². The fourth-order valence-corrected chi connectivity index (χ4v) is 5.52. The van der Waals surface area contributed by atoms with E-state index in [1.165, 1.54) is 18.9 Å². The van der Waals surface area contributed by atoms with Crippen LogP contribution in [-0.2, 0) is 15.7 Å². The minimum Gasteiger partial charge on any atom is -0.381 e. The van der Waals surface area contributed by atoms with Gasteiger partial charge in [0.2, 0.25) is 5.91 Å². The molecule has 1 atom stereocenters. The quantitative estimate of drug-likeness (QED) is 0.628. The molecule has 1 unspecified atom stereocenters. The molecule has 2 aliphatic heterocycles. The molecule has 2 aliphatic carbocycles. The lowest BCUT2D eigenvalue weighted by atomic mass is 9.71. The summed E-state index contributed by atoms with van der Waals surface area (Å²) in [5.41, 5.74) is -0.764. The highest BCUT2D eigenvalue weighted by molar-refractivity contribution is 5.81. The van der Waals surface area contributed by atoms with E-state index in [2.05, 4.69) is 0 Å². The van der Waals surface area contributed by atoms with Gasteiger partial charge in [0.15, 0.2) is 0 Å². The first kappa shape index (κ1) is 22.5. The van der Waals surface area contributed by atoms with Crippen LogP contribution in [0.5, 0.6) is 0 Å². The predicted molar refractivity (Wildman–Crippen MR) is 116 cm³/mol. The maximum absolute atomic E-state index is 13.4. The van der Waals surface area contributed by atoms with Gasteiger partial charge in [-0.15, -0.1) is 0 Å². The standard InChI is InChI=1S/C25H30F3N3O2/c26-25(27,28)22-11-21(6-5-19(22)12-29)30-9-7-24(8-10-30)16-31(23(32)18-3-4-18)13-20(24)15-33-14-17-1-2-17/h5-6,11,17-18,20H,1-4,7-10,13-16H2. The summed E-state index contributed by atoms with van der Waals surface area (Å²) in [7, 11) is 0. The third kappa shape index (κ3) is 4.70. The fraction of sp³-hybridized carbons (Fsp3) is 0.680. The molecule has 1 spiro atoms. The topological polar surface area (TPSA) is 56.6 Å². The number of carbonyl (C=O) groups is 1. The van der Waals surface area contributed by atoms with Crippen LogP contribution in [-0.4, -0.2) is 50.2 Å². The number of hydrogen-bond donors (Lipinski definition) is 0. The van der Waals surface area contributed by atoms with Crippen LogP contribution in [0, 0.1) is 34.5 Å². The van der Waals surface area contributed by atoms with E-state index in [4.69, 9.17) is 10.00 Å². The van der Waals surface area contributed by atoms with Gasteiger partial charge in [0, 0.05) is 50.3 Å². The third-order valence-electron chi connectivity index (χ3n) is 7.97. The Hall–Kier alpha value is -2.27. The van der Waals surface area contributed by atoms with E-state index in [9.17, 15) is 18.0 Å². The van der Waals surface area contributed by atoms with Gasteiger partial charge in [-0.05, 0) is 68.1 Å². The van der Waals surface area contributed by atoms with Crippen molar-refractivity contribution >= 4 is 11.6 Å². The second kappa shape index (κ2) is 8.50. The summed E-state index contributed by atoms with van der Waals surface area (Å²) in [5, 5.41) is 9.07. The highest BCUT2D eigenvalue weighted by atomic mass is 19.4. The molecule has 0 bridgehead atoms. The van der Waals surface area contributed by atoms with Crippen LogP contribution in [0.2, 0.25) is 0 Å². The predicted octanol–water partition coefficient (Wildman–Crippen LogP) is 4.46. The van der Waals surface area contributed by atoms with Crippen molar-refractivity contribution in [1.82, 2.24) is 4.90 Å². The van der Waals surface area contributed by atoms with Crippen LogP contribution in [0.4, 0.5) is 18.9 Å². The lowest BCUT2D eigenvalue weighted by molar-refractivity contribution is -0.137. The lowest BCUT2D eigenvalue weighted by Gasteiger charge is -2.43. The van der Waals surface area contributed by atoms with Gasteiger partial charge in [0.25, 0.3) is 0 Å². The summed E-state index contributed by atoms with van der Waals surface area (Å²) >= 11 is 0. The van der Waals surface area contributed by atoms with E-state index in [0.29, 0.717) is 31.3 Å². The maximum atomic E-state index is 13.4. The van der Waals surface area contributed by atoms with Crippen molar-refractivity contribution in [3.63, 3.8) is 0 Å². The largest absolute Gasteiger partial charge is 0.417 e. The molecule has 1 aromatic carbocycles. The first-order valence-corrected chi connectivity index (χ1v) is 12.0. The first-order chi connectivity index (χ1) is 15.8.